The molecule has 1 aliphatic rings. The largest absolute Gasteiger partial charge is 0.322 e. The maximum Gasteiger partial charge on any atom is 0.158 e. The Hall–Kier alpha value is -3.24. The highest BCUT2D eigenvalue weighted by Gasteiger charge is 2.18. The van der Waals surface area contributed by atoms with Crippen LogP contribution in [0.25, 0.3) is 11.3 Å². The number of piperidine rings is 1. The molecule has 0 unspecified atom stereocenters. The highest BCUT2D eigenvalue weighted by Crippen LogP contribution is 2.29. The second kappa shape index (κ2) is 7.56. The Morgan fingerprint density at radius 3 is 2.56 bits per heavy atom. The topological polar surface area (TPSA) is 93.5 Å². The van der Waals surface area contributed by atoms with Gasteiger partial charge in [-0.15, -0.1) is 0 Å². The fraction of sp³-hybridized carbons (Fsp3) is 0.300. The summed E-state index contributed by atoms with van der Waals surface area (Å²) in [7, 11) is 2.19. The Morgan fingerprint density at radius 2 is 1.89 bits per heavy atom. The van der Waals surface area contributed by atoms with E-state index < -0.39 is 0 Å². The van der Waals surface area contributed by atoms with Gasteiger partial charge < -0.3 is 10.2 Å². The summed E-state index contributed by atoms with van der Waals surface area (Å²) in [5.74, 6) is 1.86. The smallest absolute Gasteiger partial charge is 0.158 e. The van der Waals surface area contributed by atoms with E-state index in [9.17, 15) is 0 Å². The first-order chi connectivity index (χ1) is 13.2. The van der Waals surface area contributed by atoms with E-state index in [1.807, 2.05) is 12.1 Å². The molecule has 3 aromatic rings. The fourth-order valence-corrected chi connectivity index (χ4v) is 3.39. The van der Waals surface area contributed by atoms with E-state index in [-0.39, 0.29) is 5.69 Å². The first-order valence-corrected chi connectivity index (χ1v) is 9.05. The molecule has 2 aromatic heterocycles. The highest BCUT2D eigenvalue weighted by molar-refractivity contribution is 5.65. The fourth-order valence-electron chi connectivity index (χ4n) is 3.39. The number of nitrogens with one attached hydrogen (secondary N) is 2. The Labute approximate surface area is 158 Å². The van der Waals surface area contributed by atoms with Gasteiger partial charge in [-0.05, 0) is 50.0 Å². The summed E-state index contributed by atoms with van der Waals surface area (Å²) in [4.78, 5) is 10.5. The zero-order chi connectivity index (χ0) is 18.6. The lowest BCUT2D eigenvalue weighted by atomic mass is 9.89. The summed E-state index contributed by atoms with van der Waals surface area (Å²) in [6.07, 6.45) is 5.39. The molecular weight excluding hydrogens is 338 g/mol. The lowest BCUT2D eigenvalue weighted by Crippen LogP contribution is -2.29. The van der Waals surface area contributed by atoms with Crippen molar-refractivity contribution in [2.24, 2.45) is 0 Å². The third-order valence-corrected chi connectivity index (χ3v) is 5.01. The molecule has 7 heteroatoms. The van der Waals surface area contributed by atoms with Crippen LogP contribution in [0.1, 0.15) is 30.0 Å². The van der Waals surface area contributed by atoms with Crippen LogP contribution in [-0.2, 0) is 0 Å². The first-order valence-electron chi connectivity index (χ1n) is 9.05. The molecular formula is C20H21N7. The number of nitriles is 1. The monoisotopic (exact) mass is 359 g/mol. The predicted molar refractivity (Wildman–Crippen MR) is 104 cm³/mol. The molecule has 0 radical (unpaired) electrons. The third-order valence-electron chi connectivity index (χ3n) is 5.01. The Morgan fingerprint density at radius 1 is 1.11 bits per heavy atom. The zero-order valence-corrected chi connectivity index (χ0v) is 15.2. The molecule has 0 saturated carbocycles. The van der Waals surface area contributed by atoms with E-state index in [0.717, 1.165) is 11.3 Å². The van der Waals surface area contributed by atoms with Gasteiger partial charge in [0.25, 0.3) is 0 Å². The van der Waals surface area contributed by atoms with Crippen LogP contribution in [-0.4, -0.2) is 45.2 Å². The average Bonchev–Trinajstić information content (AvgIpc) is 3.18. The van der Waals surface area contributed by atoms with Crippen LogP contribution in [0.3, 0.4) is 0 Å². The van der Waals surface area contributed by atoms with E-state index in [1.54, 1.807) is 0 Å². The Kier molecular flexibility index (Phi) is 4.81. The number of rotatable bonds is 4. The van der Waals surface area contributed by atoms with Gasteiger partial charge in [0, 0.05) is 6.07 Å². The molecule has 1 saturated heterocycles. The van der Waals surface area contributed by atoms with Gasteiger partial charge in [0.1, 0.15) is 11.9 Å². The van der Waals surface area contributed by atoms with Crippen LogP contribution >= 0.6 is 0 Å². The van der Waals surface area contributed by atoms with Gasteiger partial charge in [-0.1, -0.05) is 24.3 Å². The van der Waals surface area contributed by atoms with Crippen molar-refractivity contribution < 1.29 is 0 Å². The van der Waals surface area contributed by atoms with Gasteiger partial charge in [0.15, 0.2) is 11.5 Å². The Bertz CT molecular complexity index is 930. The minimum Gasteiger partial charge on any atom is -0.322 e. The molecule has 0 aliphatic carbocycles. The van der Waals surface area contributed by atoms with Gasteiger partial charge >= 0.3 is 0 Å². The second-order valence-corrected chi connectivity index (χ2v) is 6.89. The minimum absolute atomic E-state index is 0.285. The number of anilines is 2. The highest BCUT2D eigenvalue weighted by atomic mass is 15.2. The van der Waals surface area contributed by atoms with E-state index in [4.69, 9.17) is 5.26 Å². The van der Waals surface area contributed by atoms with Gasteiger partial charge in [-0.25, -0.2) is 9.97 Å². The summed E-state index contributed by atoms with van der Waals surface area (Å²) in [5.41, 5.74) is 3.73. The number of aromatic amines is 1. The van der Waals surface area contributed by atoms with Crippen LogP contribution in [0, 0.1) is 11.3 Å². The number of nitrogens with zero attached hydrogens (tertiary/aromatic N) is 5. The van der Waals surface area contributed by atoms with Crippen LogP contribution in [0.4, 0.5) is 11.6 Å². The molecule has 3 heterocycles. The van der Waals surface area contributed by atoms with Gasteiger partial charge in [-0.3, -0.25) is 5.10 Å². The number of aromatic nitrogens is 4. The summed E-state index contributed by atoms with van der Waals surface area (Å²) < 4.78 is 0. The molecule has 0 atom stereocenters. The maximum atomic E-state index is 8.77. The van der Waals surface area contributed by atoms with Crippen molar-refractivity contribution in [3.63, 3.8) is 0 Å². The quantitative estimate of drug-likeness (QED) is 0.742. The molecule has 1 aliphatic heterocycles. The SMILES string of the molecule is CN1CCC(c2ccc(-c3cc(Nc4cnc(C#N)cn4)n[nH]3)cc2)CC1. The van der Waals surface area contributed by atoms with Gasteiger partial charge in [0.2, 0.25) is 0 Å². The molecule has 0 amide bonds. The summed E-state index contributed by atoms with van der Waals surface area (Å²) >= 11 is 0. The summed E-state index contributed by atoms with van der Waals surface area (Å²) in [6.45, 7) is 2.33. The number of likely N-dealkylation sites (tertiary alicyclic amines) is 1. The molecule has 1 aromatic carbocycles. The summed E-state index contributed by atoms with van der Waals surface area (Å²) in [6, 6.07) is 12.6. The third kappa shape index (κ3) is 3.96. The van der Waals surface area contributed by atoms with Crippen molar-refractivity contribution in [2.75, 3.05) is 25.5 Å². The van der Waals surface area contributed by atoms with E-state index >= 15 is 0 Å². The number of H-pyrrole nitrogens is 1. The molecule has 7 nitrogen and oxygen atoms in total. The predicted octanol–water partition coefficient (Wildman–Crippen LogP) is 3.29. The van der Waals surface area contributed by atoms with Crippen LogP contribution in [0.2, 0.25) is 0 Å². The van der Waals surface area contributed by atoms with E-state index in [0.29, 0.717) is 17.6 Å². The molecule has 4 rings (SSSR count). The standard InChI is InChI=1S/C20H21N7/c1-27-8-6-15(7-9-27)14-2-4-16(5-3-14)18-10-19(26-25-18)24-20-13-22-17(11-21)12-23-20/h2-5,10,12-13,15H,6-9H2,1H3,(H2,23,24,25,26). The molecule has 0 spiro atoms. The van der Waals surface area contributed by atoms with Crippen molar-refractivity contribution in [3.05, 3.63) is 54.0 Å². The maximum absolute atomic E-state index is 8.77. The molecule has 136 valence electrons. The van der Waals surface area contributed by atoms with Crippen molar-refractivity contribution >= 4 is 11.6 Å². The lowest BCUT2D eigenvalue weighted by Gasteiger charge is -2.29. The Balaban J connectivity index is 1.44. The van der Waals surface area contributed by atoms with Crippen LogP contribution in [0.5, 0.6) is 0 Å². The number of hydrogen-bond acceptors (Lipinski definition) is 6. The van der Waals surface area contributed by atoms with E-state index in [2.05, 4.69) is 61.7 Å². The zero-order valence-electron chi connectivity index (χ0n) is 15.2. The van der Waals surface area contributed by atoms with Crippen molar-refractivity contribution in [2.45, 2.75) is 18.8 Å². The number of hydrogen-bond donors (Lipinski definition) is 2. The van der Waals surface area contributed by atoms with Crippen LogP contribution in [0.15, 0.2) is 42.7 Å². The first kappa shape index (κ1) is 17.2. The lowest BCUT2D eigenvalue weighted by molar-refractivity contribution is 0.255. The second-order valence-electron chi connectivity index (χ2n) is 6.89. The number of benzene rings is 1. The van der Waals surface area contributed by atoms with Gasteiger partial charge in [0.05, 0.1) is 18.1 Å². The molecule has 2 N–H and O–H groups in total. The normalized spacial score (nSPS) is 15.4. The van der Waals surface area contributed by atoms with Crippen molar-refractivity contribution in [1.29, 1.82) is 5.26 Å². The molecule has 1 fully saturated rings. The van der Waals surface area contributed by atoms with Crippen LogP contribution < -0.4 is 5.32 Å². The van der Waals surface area contributed by atoms with Gasteiger partial charge in [-0.2, -0.15) is 10.4 Å². The van der Waals surface area contributed by atoms with Crippen molar-refractivity contribution in [1.82, 2.24) is 25.1 Å². The average molecular weight is 359 g/mol. The molecule has 27 heavy (non-hydrogen) atoms. The summed E-state index contributed by atoms with van der Waals surface area (Å²) in [5, 5.41) is 19.2. The minimum atomic E-state index is 0.285. The van der Waals surface area contributed by atoms with Crippen molar-refractivity contribution in [3.8, 4) is 17.3 Å². The van der Waals surface area contributed by atoms with E-state index in [1.165, 1.54) is 43.9 Å². The molecule has 0 bridgehead atoms.